The van der Waals surface area contributed by atoms with Crippen LogP contribution < -0.4 is 10.1 Å². The number of ketones is 1. The lowest BCUT2D eigenvalue weighted by atomic mass is 10.2. The summed E-state index contributed by atoms with van der Waals surface area (Å²) in [7, 11) is 1.44. The van der Waals surface area contributed by atoms with Crippen molar-refractivity contribution >= 4 is 28.7 Å². The minimum Gasteiger partial charge on any atom is -0.508 e. The summed E-state index contributed by atoms with van der Waals surface area (Å²) < 4.78 is 5.00. The number of aromatic nitrogens is 1. The van der Waals surface area contributed by atoms with Crippen molar-refractivity contribution in [3.63, 3.8) is 0 Å². The molecule has 0 atom stereocenters. The lowest BCUT2D eigenvalue weighted by Gasteiger charge is -2.04. The number of phenolic OH excluding ortho intramolecular Hbond substituents is 2. The van der Waals surface area contributed by atoms with E-state index in [1.165, 1.54) is 31.4 Å². The van der Waals surface area contributed by atoms with Crippen LogP contribution in [0.25, 0.3) is 17.0 Å². The van der Waals surface area contributed by atoms with Crippen molar-refractivity contribution in [3.05, 3.63) is 59.8 Å². The van der Waals surface area contributed by atoms with Gasteiger partial charge in [-0.05, 0) is 42.0 Å². The predicted molar refractivity (Wildman–Crippen MR) is 101 cm³/mol. The number of aromatic amines is 1. The number of aromatic hydroxyl groups is 2. The first kappa shape index (κ1) is 18.1. The molecule has 1 amide bonds. The van der Waals surface area contributed by atoms with Gasteiger partial charge in [0.1, 0.15) is 5.75 Å². The molecule has 27 heavy (non-hydrogen) atoms. The lowest BCUT2D eigenvalue weighted by molar-refractivity contribution is -0.116. The van der Waals surface area contributed by atoms with E-state index in [4.69, 9.17) is 4.74 Å². The summed E-state index contributed by atoms with van der Waals surface area (Å²) in [6, 6.07) is 11.1. The Kier molecular flexibility index (Phi) is 5.12. The lowest BCUT2D eigenvalue weighted by Crippen LogP contribution is -2.28. The first-order valence-corrected chi connectivity index (χ1v) is 8.14. The second-order valence-electron chi connectivity index (χ2n) is 5.86. The first-order chi connectivity index (χ1) is 13.0. The normalized spacial score (nSPS) is 11.0. The zero-order valence-electron chi connectivity index (χ0n) is 14.5. The van der Waals surface area contributed by atoms with Gasteiger partial charge in [-0.2, -0.15) is 0 Å². The average Bonchev–Trinajstić information content (AvgIpc) is 3.08. The molecule has 0 spiro atoms. The maximum absolute atomic E-state index is 12.2. The number of phenols is 2. The number of H-pyrrole nitrogens is 1. The van der Waals surface area contributed by atoms with E-state index in [0.29, 0.717) is 22.5 Å². The SMILES string of the molecule is COc1cc(/C=C/C(=O)NCC(=O)c2cc3ccc(O)cc3[nH]2)ccc1O. The molecule has 1 aromatic heterocycles. The fourth-order valence-electron chi connectivity index (χ4n) is 2.56. The van der Waals surface area contributed by atoms with Gasteiger partial charge in [0, 0.05) is 23.0 Å². The van der Waals surface area contributed by atoms with Crippen LogP contribution in [0, 0.1) is 0 Å². The molecule has 0 saturated heterocycles. The molecule has 0 radical (unpaired) electrons. The molecule has 7 nitrogen and oxygen atoms in total. The third kappa shape index (κ3) is 4.27. The van der Waals surface area contributed by atoms with Gasteiger partial charge in [0.25, 0.3) is 0 Å². The van der Waals surface area contributed by atoms with Crippen LogP contribution in [0.1, 0.15) is 16.1 Å². The van der Waals surface area contributed by atoms with Gasteiger partial charge in [0.15, 0.2) is 17.3 Å². The zero-order chi connectivity index (χ0) is 19.4. The Morgan fingerprint density at radius 2 is 1.96 bits per heavy atom. The summed E-state index contributed by atoms with van der Waals surface area (Å²) in [5.74, 6) is -0.288. The van der Waals surface area contributed by atoms with E-state index in [0.717, 1.165) is 5.39 Å². The molecule has 0 aliphatic carbocycles. The van der Waals surface area contributed by atoms with Crippen molar-refractivity contribution < 1.29 is 24.5 Å². The van der Waals surface area contributed by atoms with Crippen LogP contribution in [0.15, 0.2) is 48.5 Å². The first-order valence-electron chi connectivity index (χ1n) is 8.14. The van der Waals surface area contributed by atoms with Gasteiger partial charge in [-0.1, -0.05) is 6.07 Å². The summed E-state index contributed by atoms with van der Waals surface area (Å²) in [5.41, 5.74) is 1.66. The van der Waals surface area contributed by atoms with Crippen molar-refractivity contribution in [2.75, 3.05) is 13.7 Å². The topological polar surface area (TPSA) is 112 Å². The molecule has 0 fully saturated rings. The minimum atomic E-state index is -0.427. The number of nitrogens with one attached hydrogen (secondary N) is 2. The number of fused-ring (bicyclic) bond motifs is 1. The van der Waals surface area contributed by atoms with E-state index < -0.39 is 5.91 Å². The van der Waals surface area contributed by atoms with Gasteiger partial charge in [-0.25, -0.2) is 0 Å². The second-order valence-corrected chi connectivity index (χ2v) is 5.86. The summed E-state index contributed by atoms with van der Waals surface area (Å²) in [6.45, 7) is -0.166. The highest BCUT2D eigenvalue weighted by Crippen LogP contribution is 2.26. The maximum Gasteiger partial charge on any atom is 0.244 e. The third-order valence-corrected chi connectivity index (χ3v) is 3.96. The fraction of sp³-hybridized carbons (Fsp3) is 0.100. The van der Waals surface area contributed by atoms with E-state index in [9.17, 15) is 19.8 Å². The number of amides is 1. The summed E-state index contributed by atoms with van der Waals surface area (Å²) in [4.78, 5) is 27.1. The van der Waals surface area contributed by atoms with Crippen LogP contribution >= 0.6 is 0 Å². The van der Waals surface area contributed by atoms with Gasteiger partial charge in [0.2, 0.25) is 5.91 Å². The molecule has 2 aromatic carbocycles. The van der Waals surface area contributed by atoms with E-state index in [-0.39, 0.29) is 23.8 Å². The summed E-state index contributed by atoms with van der Waals surface area (Å²) in [6.07, 6.45) is 2.84. The molecule has 4 N–H and O–H groups in total. The van der Waals surface area contributed by atoms with Crippen LogP contribution in [0.3, 0.4) is 0 Å². The van der Waals surface area contributed by atoms with E-state index >= 15 is 0 Å². The van der Waals surface area contributed by atoms with E-state index in [2.05, 4.69) is 10.3 Å². The number of hydrogen-bond donors (Lipinski definition) is 4. The van der Waals surface area contributed by atoms with Crippen molar-refractivity contribution in [1.29, 1.82) is 0 Å². The number of hydrogen-bond acceptors (Lipinski definition) is 5. The van der Waals surface area contributed by atoms with Crippen LogP contribution in [0.5, 0.6) is 17.2 Å². The molecule has 138 valence electrons. The molecule has 0 saturated carbocycles. The van der Waals surface area contributed by atoms with Gasteiger partial charge >= 0.3 is 0 Å². The number of carbonyl (C=O) groups is 2. The van der Waals surface area contributed by atoms with E-state index in [1.807, 2.05) is 0 Å². The Balaban J connectivity index is 1.60. The molecule has 0 bridgehead atoms. The largest absolute Gasteiger partial charge is 0.508 e. The summed E-state index contributed by atoms with van der Waals surface area (Å²) >= 11 is 0. The molecule has 7 heteroatoms. The molecule has 1 heterocycles. The number of methoxy groups -OCH3 is 1. The molecule has 0 aliphatic heterocycles. The summed E-state index contributed by atoms with van der Waals surface area (Å²) in [5, 5.41) is 22.3. The standard InChI is InChI=1S/C20H18N2O5/c1-27-19-8-12(2-6-17(19)24)3-7-20(26)21-11-18(25)16-9-13-4-5-14(23)10-15(13)22-16/h2-10,22-24H,11H2,1H3,(H,21,26)/b7-3+. The smallest absolute Gasteiger partial charge is 0.244 e. The minimum absolute atomic E-state index is 0.0105. The average molecular weight is 366 g/mol. The highest BCUT2D eigenvalue weighted by molar-refractivity contribution is 6.03. The monoisotopic (exact) mass is 366 g/mol. The second kappa shape index (κ2) is 7.65. The maximum atomic E-state index is 12.2. The van der Waals surface area contributed by atoms with Gasteiger partial charge in [-0.3, -0.25) is 9.59 Å². The molecular weight excluding hydrogens is 348 g/mol. The Morgan fingerprint density at radius 3 is 2.74 bits per heavy atom. The van der Waals surface area contributed by atoms with Gasteiger partial charge in [0.05, 0.1) is 19.3 Å². The van der Waals surface area contributed by atoms with Crippen LogP contribution in [-0.4, -0.2) is 40.5 Å². The highest BCUT2D eigenvalue weighted by Gasteiger charge is 2.11. The zero-order valence-corrected chi connectivity index (χ0v) is 14.5. The Bertz CT molecular complexity index is 1040. The quantitative estimate of drug-likeness (QED) is 0.396. The Morgan fingerprint density at radius 1 is 1.15 bits per heavy atom. The molecule has 3 aromatic rings. The van der Waals surface area contributed by atoms with Crippen LogP contribution in [0.4, 0.5) is 0 Å². The third-order valence-electron chi connectivity index (χ3n) is 3.96. The highest BCUT2D eigenvalue weighted by atomic mass is 16.5. The number of ether oxygens (including phenoxy) is 1. The fourth-order valence-corrected chi connectivity index (χ4v) is 2.56. The van der Waals surface area contributed by atoms with Crippen molar-refractivity contribution in [1.82, 2.24) is 10.3 Å². The van der Waals surface area contributed by atoms with Crippen molar-refractivity contribution in [3.8, 4) is 17.2 Å². The van der Waals surface area contributed by atoms with E-state index in [1.54, 1.807) is 30.3 Å². The van der Waals surface area contributed by atoms with Crippen molar-refractivity contribution in [2.24, 2.45) is 0 Å². The Hall–Kier alpha value is -3.74. The number of Topliss-reactive ketones (excluding diaryl/α,β-unsaturated/α-hetero) is 1. The molecule has 0 aliphatic rings. The van der Waals surface area contributed by atoms with Crippen LogP contribution in [-0.2, 0) is 4.79 Å². The number of benzene rings is 2. The molecule has 3 rings (SSSR count). The van der Waals surface area contributed by atoms with Crippen LogP contribution in [0.2, 0.25) is 0 Å². The molecule has 0 unspecified atom stereocenters. The van der Waals surface area contributed by atoms with Crippen molar-refractivity contribution in [2.45, 2.75) is 0 Å². The van der Waals surface area contributed by atoms with Gasteiger partial charge in [-0.15, -0.1) is 0 Å². The van der Waals surface area contributed by atoms with Gasteiger partial charge < -0.3 is 25.3 Å². The number of rotatable bonds is 6. The Labute approximate surface area is 154 Å². The predicted octanol–water partition coefficient (Wildman–Crippen LogP) is 2.60. The molecular formula is C20H18N2O5. The number of carbonyl (C=O) groups excluding carboxylic acids is 2.